The maximum absolute atomic E-state index is 15.1. The summed E-state index contributed by atoms with van der Waals surface area (Å²) in [4.78, 5) is 35.3. The van der Waals surface area contributed by atoms with Crippen molar-refractivity contribution in [2.24, 2.45) is 0 Å². The van der Waals surface area contributed by atoms with Crippen LogP contribution in [0.15, 0.2) is 42.6 Å². The number of nitrogens with one attached hydrogen (secondary N) is 1. The molecule has 0 radical (unpaired) electrons. The van der Waals surface area contributed by atoms with E-state index in [4.69, 9.17) is 16.3 Å². The molecule has 2 amide bonds. The number of pyridine rings is 2. The summed E-state index contributed by atoms with van der Waals surface area (Å²) in [6, 6.07) is 8.37. The number of rotatable bonds is 4. The normalized spacial score (nSPS) is 15.0. The first-order chi connectivity index (χ1) is 15.3. The zero-order valence-corrected chi connectivity index (χ0v) is 17.8. The van der Waals surface area contributed by atoms with Gasteiger partial charge in [0, 0.05) is 23.5 Å². The monoisotopic (exact) mass is 458 g/mol. The summed E-state index contributed by atoms with van der Waals surface area (Å²) in [6.07, 6.45) is 1.51. The zero-order chi connectivity index (χ0) is 23.0. The SMILES string of the molecule is COc1cc2c(c(F)n1)-c1cccnc1C(C)C(=O)N2CC(=O)Nc1ccc(F)c(Cl)c1. The molecule has 0 saturated heterocycles. The molecular formula is C22H17ClF2N4O3. The van der Waals surface area contributed by atoms with Crippen molar-refractivity contribution in [1.29, 1.82) is 0 Å². The summed E-state index contributed by atoms with van der Waals surface area (Å²) in [5.74, 6) is -3.33. The average Bonchev–Trinajstić information content (AvgIpc) is 2.86. The molecule has 1 aliphatic heterocycles. The molecule has 1 atom stereocenters. The van der Waals surface area contributed by atoms with Gasteiger partial charge in [-0.3, -0.25) is 14.6 Å². The number of hydrogen-bond acceptors (Lipinski definition) is 5. The van der Waals surface area contributed by atoms with E-state index in [1.807, 2.05) is 0 Å². The number of benzene rings is 1. The van der Waals surface area contributed by atoms with Gasteiger partial charge in [0.1, 0.15) is 12.4 Å². The third-order valence-corrected chi connectivity index (χ3v) is 5.38. The lowest BCUT2D eigenvalue weighted by Crippen LogP contribution is -2.40. The molecule has 0 aliphatic carbocycles. The van der Waals surface area contributed by atoms with Crippen LogP contribution in [0.3, 0.4) is 0 Å². The van der Waals surface area contributed by atoms with E-state index in [-0.39, 0.29) is 27.8 Å². The number of aromatic nitrogens is 2. The lowest BCUT2D eigenvalue weighted by Gasteiger charge is -2.24. The Kier molecular flexibility index (Phi) is 5.75. The lowest BCUT2D eigenvalue weighted by molar-refractivity contribution is -0.122. The molecule has 1 N–H and O–H groups in total. The Labute approximate surface area is 187 Å². The summed E-state index contributed by atoms with van der Waals surface area (Å²) >= 11 is 5.76. The molecule has 10 heteroatoms. The number of anilines is 2. The van der Waals surface area contributed by atoms with Crippen LogP contribution in [0.25, 0.3) is 11.1 Å². The molecule has 2 aromatic heterocycles. The standard InChI is InChI=1S/C22H17ClF2N4O3/c1-11-20-13(4-3-7-26-20)19-16(9-18(32-2)28-21(19)25)29(22(11)31)10-17(30)27-12-5-6-15(24)14(23)8-12/h3-9,11H,10H2,1-2H3,(H,27,30). The number of amides is 2. The molecule has 164 valence electrons. The highest BCUT2D eigenvalue weighted by molar-refractivity contribution is 6.31. The van der Waals surface area contributed by atoms with Gasteiger partial charge < -0.3 is 15.0 Å². The first-order valence-electron chi connectivity index (χ1n) is 9.56. The van der Waals surface area contributed by atoms with Gasteiger partial charge in [-0.15, -0.1) is 0 Å². The van der Waals surface area contributed by atoms with E-state index >= 15 is 4.39 Å². The van der Waals surface area contributed by atoms with Gasteiger partial charge in [0.2, 0.25) is 23.6 Å². The predicted molar refractivity (Wildman–Crippen MR) is 115 cm³/mol. The van der Waals surface area contributed by atoms with Crippen LogP contribution in [-0.4, -0.2) is 35.4 Å². The van der Waals surface area contributed by atoms with E-state index in [0.29, 0.717) is 11.3 Å². The predicted octanol–water partition coefficient (Wildman–Crippen LogP) is 4.17. The molecule has 0 saturated carbocycles. The Hall–Kier alpha value is -3.59. The molecule has 7 nitrogen and oxygen atoms in total. The largest absolute Gasteiger partial charge is 0.481 e. The molecule has 1 unspecified atom stereocenters. The number of methoxy groups -OCH3 is 1. The molecule has 0 bridgehead atoms. The molecular weight excluding hydrogens is 442 g/mol. The summed E-state index contributed by atoms with van der Waals surface area (Å²) < 4.78 is 33.5. The second-order valence-electron chi connectivity index (χ2n) is 7.11. The smallest absolute Gasteiger partial charge is 0.244 e. The molecule has 0 fully saturated rings. The number of nitrogens with zero attached hydrogens (tertiary/aromatic N) is 3. The molecule has 1 aromatic carbocycles. The number of fused-ring (bicyclic) bond motifs is 3. The fourth-order valence-corrected chi connectivity index (χ4v) is 3.75. The van der Waals surface area contributed by atoms with Crippen LogP contribution >= 0.6 is 11.6 Å². The Balaban J connectivity index is 1.77. The minimum atomic E-state index is -0.855. The van der Waals surface area contributed by atoms with Gasteiger partial charge in [-0.2, -0.15) is 9.37 Å². The Bertz CT molecular complexity index is 1240. The van der Waals surface area contributed by atoms with Gasteiger partial charge in [-0.1, -0.05) is 17.7 Å². The summed E-state index contributed by atoms with van der Waals surface area (Å²) in [5.41, 5.74) is 1.21. The highest BCUT2D eigenvalue weighted by Crippen LogP contribution is 2.42. The maximum Gasteiger partial charge on any atom is 0.244 e. The molecule has 3 heterocycles. The van der Waals surface area contributed by atoms with Crippen LogP contribution in [0, 0.1) is 11.8 Å². The Morgan fingerprint density at radius 1 is 1.28 bits per heavy atom. The number of carbonyl (C=O) groups excluding carboxylic acids is 2. The Morgan fingerprint density at radius 3 is 2.78 bits per heavy atom. The second kappa shape index (κ2) is 8.51. The third-order valence-electron chi connectivity index (χ3n) is 5.09. The third kappa shape index (κ3) is 3.87. The number of halogens is 3. The van der Waals surface area contributed by atoms with Crippen LogP contribution in [0.2, 0.25) is 5.02 Å². The average molecular weight is 459 g/mol. The van der Waals surface area contributed by atoms with E-state index in [2.05, 4.69) is 15.3 Å². The van der Waals surface area contributed by atoms with Crippen LogP contribution in [0.5, 0.6) is 5.88 Å². The number of ether oxygens (including phenoxy) is 1. The second-order valence-corrected chi connectivity index (χ2v) is 7.52. The first kappa shape index (κ1) is 21.6. The van der Waals surface area contributed by atoms with Gasteiger partial charge in [0.25, 0.3) is 0 Å². The van der Waals surface area contributed by atoms with Gasteiger partial charge in [-0.25, -0.2) is 4.39 Å². The van der Waals surface area contributed by atoms with Crippen LogP contribution in [0.4, 0.5) is 20.2 Å². The molecule has 4 rings (SSSR count). The molecule has 0 spiro atoms. The maximum atomic E-state index is 15.1. The van der Waals surface area contributed by atoms with Crippen molar-refractivity contribution in [2.45, 2.75) is 12.8 Å². The van der Waals surface area contributed by atoms with Gasteiger partial charge in [0.15, 0.2) is 0 Å². The topological polar surface area (TPSA) is 84.4 Å². The first-order valence-corrected chi connectivity index (χ1v) is 9.94. The van der Waals surface area contributed by atoms with Gasteiger partial charge >= 0.3 is 0 Å². The summed E-state index contributed by atoms with van der Waals surface area (Å²) in [7, 11) is 1.32. The van der Waals surface area contributed by atoms with Crippen LogP contribution in [-0.2, 0) is 9.59 Å². The van der Waals surface area contributed by atoms with Crippen molar-refractivity contribution in [3.63, 3.8) is 0 Å². The molecule has 3 aromatic rings. The van der Waals surface area contributed by atoms with Gasteiger partial charge in [0.05, 0.1) is 35.0 Å². The Morgan fingerprint density at radius 2 is 2.06 bits per heavy atom. The van der Waals surface area contributed by atoms with Gasteiger partial charge in [-0.05, 0) is 31.2 Å². The van der Waals surface area contributed by atoms with Crippen molar-refractivity contribution >= 4 is 34.8 Å². The van der Waals surface area contributed by atoms with E-state index in [1.165, 1.54) is 31.5 Å². The lowest BCUT2D eigenvalue weighted by atomic mass is 9.98. The minimum absolute atomic E-state index is 0.0456. The fourth-order valence-electron chi connectivity index (χ4n) is 3.57. The van der Waals surface area contributed by atoms with Crippen molar-refractivity contribution < 1.29 is 23.1 Å². The van der Waals surface area contributed by atoms with Crippen molar-refractivity contribution in [3.05, 3.63) is 65.1 Å². The van der Waals surface area contributed by atoms with E-state index in [0.717, 1.165) is 11.0 Å². The highest BCUT2D eigenvalue weighted by atomic mass is 35.5. The van der Waals surface area contributed by atoms with E-state index < -0.39 is 36.0 Å². The van der Waals surface area contributed by atoms with Crippen LogP contribution in [0.1, 0.15) is 18.5 Å². The zero-order valence-electron chi connectivity index (χ0n) is 17.0. The molecule has 32 heavy (non-hydrogen) atoms. The van der Waals surface area contributed by atoms with Crippen molar-refractivity contribution in [3.8, 4) is 17.0 Å². The molecule has 1 aliphatic rings. The minimum Gasteiger partial charge on any atom is -0.481 e. The van der Waals surface area contributed by atoms with Crippen molar-refractivity contribution in [1.82, 2.24) is 9.97 Å². The van der Waals surface area contributed by atoms with Crippen molar-refractivity contribution in [2.75, 3.05) is 23.9 Å². The summed E-state index contributed by atoms with van der Waals surface area (Å²) in [5, 5.41) is 2.41. The summed E-state index contributed by atoms with van der Waals surface area (Å²) in [6.45, 7) is 1.19. The quantitative estimate of drug-likeness (QED) is 0.593. The number of carbonyl (C=O) groups is 2. The van der Waals surface area contributed by atoms with E-state index in [1.54, 1.807) is 19.1 Å². The van der Waals surface area contributed by atoms with Crippen LogP contribution < -0.4 is 15.0 Å². The van der Waals surface area contributed by atoms with E-state index in [9.17, 15) is 14.0 Å². The number of hydrogen-bond donors (Lipinski definition) is 1. The highest BCUT2D eigenvalue weighted by Gasteiger charge is 2.35. The fraction of sp³-hybridized carbons (Fsp3) is 0.182.